The maximum atomic E-state index is 12.9. The molecule has 0 amide bonds. The summed E-state index contributed by atoms with van der Waals surface area (Å²) in [6, 6.07) is 17.7. The van der Waals surface area contributed by atoms with E-state index in [1.54, 1.807) is 54.6 Å². The minimum atomic E-state index is -0.881. The van der Waals surface area contributed by atoms with Gasteiger partial charge in [0.1, 0.15) is 11.5 Å². The minimum Gasteiger partial charge on any atom is -0.494 e. The van der Waals surface area contributed by atoms with Gasteiger partial charge in [0, 0.05) is 12.1 Å². The van der Waals surface area contributed by atoms with Crippen LogP contribution in [0.15, 0.2) is 66.7 Å². The zero-order chi connectivity index (χ0) is 27.7. The van der Waals surface area contributed by atoms with E-state index in [9.17, 15) is 14.7 Å². The number of aliphatic hydroxyl groups excluding tert-OH is 1. The number of nitrogens with one attached hydrogen (secondary N) is 1. The molecule has 0 bridgehead atoms. The molecule has 202 valence electrons. The smallest absolute Gasteiger partial charge is 0.343 e. The monoisotopic (exact) mass is 521 g/mol. The van der Waals surface area contributed by atoms with Crippen molar-refractivity contribution in [3.63, 3.8) is 0 Å². The van der Waals surface area contributed by atoms with Gasteiger partial charge in [-0.2, -0.15) is 0 Å². The van der Waals surface area contributed by atoms with Gasteiger partial charge in [0.25, 0.3) is 0 Å². The molecule has 0 aliphatic carbocycles. The van der Waals surface area contributed by atoms with E-state index in [-0.39, 0.29) is 29.1 Å². The van der Waals surface area contributed by atoms with Crippen molar-refractivity contribution < 1.29 is 33.6 Å². The predicted molar refractivity (Wildman–Crippen MR) is 144 cm³/mol. The molecule has 0 saturated carbocycles. The van der Waals surface area contributed by atoms with Gasteiger partial charge in [-0.05, 0) is 101 Å². The number of hydrogen-bond donors (Lipinski definition) is 2. The van der Waals surface area contributed by atoms with Gasteiger partial charge in [-0.1, -0.05) is 6.07 Å². The Labute approximate surface area is 223 Å². The van der Waals surface area contributed by atoms with Gasteiger partial charge < -0.3 is 29.4 Å². The molecule has 0 radical (unpaired) electrons. The van der Waals surface area contributed by atoms with Crippen LogP contribution in [-0.4, -0.2) is 42.3 Å². The number of carbonyl (C=O) groups is 2. The van der Waals surface area contributed by atoms with Crippen LogP contribution in [0.5, 0.6) is 23.0 Å². The van der Waals surface area contributed by atoms with Crippen LogP contribution in [0.4, 0.5) is 0 Å². The Morgan fingerprint density at radius 3 is 1.68 bits per heavy atom. The van der Waals surface area contributed by atoms with Crippen molar-refractivity contribution in [1.29, 1.82) is 0 Å². The van der Waals surface area contributed by atoms with Gasteiger partial charge in [-0.3, -0.25) is 0 Å². The number of ether oxygens (including phenoxy) is 4. The molecule has 0 fully saturated rings. The Bertz CT molecular complexity index is 1210. The van der Waals surface area contributed by atoms with Gasteiger partial charge in [-0.15, -0.1) is 0 Å². The Morgan fingerprint density at radius 2 is 1.24 bits per heavy atom. The first-order valence-electron chi connectivity index (χ1n) is 12.6. The third kappa shape index (κ3) is 8.33. The maximum Gasteiger partial charge on any atom is 0.343 e. The first-order valence-corrected chi connectivity index (χ1v) is 12.6. The molecule has 1 unspecified atom stereocenters. The molecular formula is C30H35NO7. The molecule has 38 heavy (non-hydrogen) atoms. The summed E-state index contributed by atoms with van der Waals surface area (Å²) >= 11 is 0. The van der Waals surface area contributed by atoms with E-state index in [4.69, 9.17) is 18.9 Å². The number of benzene rings is 3. The molecule has 2 N–H and O–H groups in total. The summed E-state index contributed by atoms with van der Waals surface area (Å²) in [5.74, 6) is 0.0417. The lowest BCUT2D eigenvalue weighted by atomic mass is 10.1. The molecule has 1 atom stereocenters. The molecular weight excluding hydrogens is 486 g/mol. The van der Waals surface area contributed by atoms with Crippen LogP contribution in [0.3, 0.4) is 0 Å². The fourth-order valence-corrected chi connectivity index (χ4v) is 3.44. The topological polar surface area (TPSA) is 103 Å². The fraction of sp³-hybridized carbons (Fsp3) is 0.333. The van der Waals surface area contributed by atoms with Crippen LogP contribution in [-0.2, 0) is 0 Å². The number of β-amino-alcohol motifs (C(OH)–C–C–N with tert-alkyl or cyclic N) is 1. The van der Waals surface area contributed by atoms with Crippen LogP contribution < -0.4 is 24.3 Å². The Balaban J connectivity index is 1.85. The van der Waals surface area contributed by atoms with Crippen molar-refractivity contribution >= 4 is 11.9 Å². The summed E-state index contributed by atoms with van der Waals surface area (Å²) < 4.78 is 22.1. The minimum absolute atomic E-state index is 0.00970. The molecule has 3 aromatic carbocycles. The Morgan fingerprint density at radius 1 is 0.763 bits per heavy atom. The summed E-state index contributed by atoms with van der Waals surface area (Å²) in [4.78, 5) is 25.8. The second-order valence-corrected chi connectivity index (χ2v) is 9.55. The zero-order valence-corrected chi connectivity index (χ0v) is 22.4. The summed E-state index contributed by atoms with van der Waals surface area (Å²) in [6.07, 6.45) is -0.881. The Hall–Kier alpha value is -3.88. The van der Waals surface area contributed by atoms with E-state index >= 15 is 0 Å². The quantitative estimate of drug-likeness (QED) is 0.257. The van der Waals surface area contributed by atoms with Crippen LogP contribution >= 0.6 is 0 Å². The van der Waals surface area contributed by atoms with Crippen LogP contribution in [0.25, 0.3) is 0 Å². The average molecular weight is 522 g/mol. The highest BCUT2D eigenvalue weighted by atomic mass is 16.6. The molecule has 0 saturated heterocycles. The summed E-state index contributed by atoms with van der Waals surface area (Å²) in [5.41, 5.74) is 0.891. The van der Waals surface area contributed by atoms with Crippen LogP contribution in [0.1, 0.15) is 67.0 Å². The van der Waals surface area contributed by atoms with Crippen molar-refractivity contribution in [1.82, 2.24) is 5.32 Å². The van der Waals surface area contributed by atoms with Crippen molar-refractivity contribution in [3.05, 3.63) is 83.4 Å². The van der Waals surface area contributed by atoms with Gasteiger partial charge in [-0.25, -0.2) is 9.59 Å². The average Bonchev–Trinajstić information content (AvgIpc) is 2.89. The first-order chi connectivity index (χ1) is 18.1. The second-order valence-electron chi connectivity index (χ2n) is 9.55. The van der Waals surface area contributed by atoms with Crippen molar-refractivity contribution in [3.8, 4) is 23.0 Å². The van der Waals surface area contributed by atoms with E-state index in [1.165, 1.54) is 12.1 Å². The third-order valence-corrected chi connectivity index (χ3v) is 5.39. The standard InChI is InChI=1S/C30H35NO7/c1-6-35-23-13-8-20(9-14-23)28(33)37-26-17-12-22(25(32)19-31-30(3,4)5)18-27(26)38-29(34)21-10-15-24(16-11-21)36-7-2/h8-18,25,31-32H,6-7,19H2,1-5H3. The SMILES string of the molecule is CCOc1ccc(C(=O)Oc2ccc(C(O)CNC(C)(C)C)cc2OC(=O)c2ccc(OCC)cc2)cc1. The van der Waals surface area contributed by atoms with Crippen LogP contribution in [0.2, 0.25) is 0 Å². The number of carbonyl (C=O) groups excluding carboxylic acids is 2. The van der Waals surface area contributed by atoms with E-state index in [0.29, 0.717) is 35.8 Å². The number of hydrogen-bond acceptors (Lipinski definition) is 8. The number of rotatable bonds is 11. The van der Waals surface area contributed by atoms with Crippen molar-refractivity contribution in [2.75, 3.05) is 19.8 Å². The lowest BCUT2D eigenvalue weighted by Crippen LogP contribution is -2.38. The maximum absolute atomic E-state index is 12.9. The molecule has 0 aromatic heterocycles. The molecule has 3 aromatic rings. The van der Waals surface area contributed by atoms with Gasteiger partial charge >= 0.3 is 11.9 Å². The van der Waals surface area contributed by atoms with Gasteiger partial charge in [0.15, 0.2) is 11.5 Å². The van der Waals surface area contributed by atoms with Crippen LogP contribution in [0, 0.1) is 0 Å². The largest absolute Gasteiger partial charge is 0.494 e. The fourth-order valence-electron chi connectivity index (χ4n) is 3.44. The van der Waals surface area contributed by atoms with E-state index in [1.807, 2.05) is 34.6 Å². The van der Waals surface area contributed by atoms with E-state index in [2.05, 4.69) is 5.32 Å². The summed E-state index contributed by atoms with van der Waals surface area (Å²) in [5, 5.41) is 14.0. The highest BCUT2D eigenvalue weighted by Crippen LogP contribution is 2.32. The number of aliphatic hydroxyl groups is 1. The Kier molecular flexibility index (Phi) is 9.87. The molecule has 0 heterocycles. The highest BCUT2D eigenvalue weighted by Gasteiger charge is 2.20. The molecule has 0 aliphatic heterocycles. The van der Waals surface area contributed by atoms with E-state index in [0.717, 1.165) is 0 Å². The van der Waals surface area contributed by atoms with E-state index < -0.39 is 18.0 Å². The zero-order valence-electron chi connectivity index (χ0n) is 22.4. The molecule has 3 rings (SSSR count). The number of esters is 2. The van der Waals surface area contributed by atoms with Crippen molar-refractivity contribution in [2.45, 2.75) is 46.3 Å². The lowest BCUT2D eigenvalue weighted by Gasteiger charge is -2.23. The van der Waals surface area contributed by atoms with Gasteiger partial charge in [0.05, 0.1) is 30.4 Å². The summed E-state index contributed by atoms with van der Waals surface area (Å²) in [7, 11) is 0. The lowest BCUT2D eigenvalue weighted by molar-refractivity contribution is 0.0681. The molecule has 8 heteroatoms. The normalized spacial score (nSPS) is 11.9. The molecule has 0 aliphatic rings. The highest BCUT2D eigenvalue weighted by molar-refractivity contribution is 5.93. The second kappa shape index (κ2) is 13.1. The molecule has 0 spiro atoms. The molecule has 8 nitrogen and oxygen atoms in total. The summed E-state index contributed by atoms with van der Waals surface area (Å²) in [6.45, 7) is 11.0. The third-order valence-electron chi connectivity index (χ3n) is 5.39. The predicted octanol–water partition coefficient (Wildman–Crippen LogP) is 5.34. The van der Waals surface area contributed by atoms with Crippen molar-refractivity contribution in [2.24, 2.45) is 0 Å². The first kappa shape index (κ1) is 28.7. The van der Waals surface area contributed by atoms with Gasteiger partial charge in [0.2, 0.25) is 0 Å².